The molecule has 0 aliphatic carbocycles. The molecule has 0 atom stereocenters. The lowest BCUT2D eigenvalue weighted by atomic mass is 10.1. The maximum Gasteiger partial charge on any atom is 0.337 e. The number of hydrogen-bond acceptors (Lipinski definition) is 4. The molecular weight excluding hydrogens is 330 g/mol. The number of benzene rings is 2. The van der Waals surface area contributed by atoms with Crippen molar-refractivity contribution in [3.63, 3.8) is 0 Å². The SMILES string of the molecule is CCn1c(CN(C)C(=O)c2ccc(C(=O)OC)cc2)nc2ccccc21. The van der Waals surface area contributed by atoms with E-state index in [0.717, 1.165) is 23.4 Å². The Hall–Kier alpha value is -3.15. The molecule has 0 radical (unpaired) electrons. The minimum absolute atomic E-state index is 0.129. The summed E-state index contributed by atoms with van der Waals surface area (Å²) in [7, 11) is 3.07. The average Bonchev–Trinajstić information content (AvgIpc) is 3.03. The zero-order chi connectivity index (χ0) is 18.7. The summed E-state index contributed by atoms with van der Waals surface area (Å²) in [5.74, 6) is 0.292. The molecule has 0 aliphatic heterocycles. The van der Waals surface area contributed by atoms with Crippen molar-refractivity contribution in [3.05, 3.63) is 65.5 Å². The second kappa shape index (κ2) is 7.39. The van der Waals surface area contributed by atoms with E-state index < -0.39 is 5.97 Å². The Balaban J connectivity index is 1.80. The number of esters is 1. The Bertz CT molecular complexity index is 945. The molecule has 0 aliphatic rings. The molecule has 0 unspecified atom stereocenters. The number of para-hydroxylation sites is 2. The van der Waals surface area contributed by atoms with Crippen molar-refractivity contribution < 1.29 is 14.3 Å². The molecule has 6 heteroatoms. The summed E-state index contributed by atoms with van der Waals surface area (Å²) in [6, 6.07) is 14.4. The van der Waals surface area contributed by atoms with Crippen molar-refractivity contribution in [1.82, 2.24) is 14.5 Å². The van der Waals surface area contributed by atoms with E-state index in [-0.39, 0.29) is 5.91 Å². The fraction of sp³-hybridized carbons (Fsp3) is 0.250. The highest BCUT2D eigenvalue weighted by Crippen LogP contribution is 2.18. The highest BCUT2D eigenvalue weighted by atomic mass is 16.5. The molecule has 1 aromatic heterocycles. The first-order valence-corrected chi connectivity index (χ1v) is 8.43. The number of methoxy groups -OCH3 is 1. The number of ether oxygens (including phenoxy) is 1. The van der Waals surface area contributed by atoms with Crippen LogP contribution in [0.25, 0.3) is 11.0 Å². The van der Waals surface area contributed by atoms with E-state index in [9.17, 15) is 9.59 Å². The molecule has 0 spiro atoms. The van der Waals surface area contributed by atoms with E-state index in [1.165, 1.54) is 7.11 Å². The zero-order valence-electron chi connectivity index (χ0n) is 15.1. The van der Waals surface area contributed by atoms with Gasteiger partial charge in [0.15, 0.2) is 0 Å². The Morgan fingerprint density at radius 2 is 1.73 bits per heavy atom. The Morgan fingerprint density at radius 3 is 2.38 bits per heavy atom. The lowest BCUT2D eigenvalue weighted by Crippen LogP contribution is -2.27. The fourth-order valence-electron chi connectivity index (χ4n) is 2.97. The van der Waals surface area contributed by atoms with Gasteiger partial charge in [-0.2, -0.15) is 0 Å². The lowest BCUT2D eigenvalue weighted by molar-refractivity contribution is 0.0600. The van der Waals surface area contributed by atoms with Gasteiger partial charge >= 0.3 is 5.97 Å². The molecule has 26 heavy (non-hydrogen) atoms. The summed E-state index contributed by atoms with van der Waals surface area (Å²) in [4.78, 5) is 30.5. The van der Waals surface area contributed by atoms with Crippen LogP contribution >= 0.6 is 0 Å². The van der Waals surface area contributed by atoms with Crippen LogP contribution in [0, 0.1) is 0 Å². The largest absolute Gasteiger partial charge is 0.465 e. The summed E-state index contributed by atoms with van der Waals surface area (Å²) in [5, 5.41) is 0. The van der Waals surface area contributed by atoms with Crippen LogP contribution in [0.1, 0.15) is 33.5 Å². The van der Waals surface area contributed by atoms with Gasteiger partial charge in [0.1, 0.15) is 5.82 Å². The third kappa shape index (κ3) is 3.31. The normalized spacial score (nSPS) is 10.7. The quantitative estimate of drug-likeness (QED) is 0.663. The predicted molar refractivity (Wildman–Crippen MR) is 99.0 cm³/mol. The number of fused-ring (bicyclic) bond motifs is 1. The minimum Gasteiger partial charge on any atom is -0.465 e. The topological polar surface area (TPSA) is 64.4 Å². The Morgan fingerprint density at radius 1 is 1.08 bits per heavy atom. The van der Waals surface area contributed by atoms with Gasteiger partial charge in [-0.05, 0) is 43.3 Å². The van der Waals surface area contributed by atoms with E-state index in [4.69, 9.17) is 0 Å². The van der Waals surface area contributed by atoms with Crippen molar-refractivity contribution in [2.45, 2.75) is 20.0 Å². The highest BCUT2D eigenvalue weighted by Gasteiger charge is 2.17. The van der Waals surface area contributed by atoms with Crippen molar-refractivity contribution in [2.75, 3.05) is 14.2 Å². The van der Waals surface area contributed by atoms with Crippen molar-refractivity contribution in [2.24, 2.45) is 0 Å². The fourth-order valence-corrected chi connectivity index (χ4v) is 2.97. The number of hydrogen-bond donors (Lipinski definition) is 0. The maximum atomic E-state index is 12.7. The molecule has 1 amide bonds. The first kappa shape index (κ1) is 17.7. The van der Waals surface area contributed by atoms with Crippen molar-refractivity contribution >= 4 is 22.9 Å². The van der Waals surface area contributed by atoms with Crippen LogP contribution in [-0.2, 0) is 17.8 Å². The molecule has 134 valence electrons. The molecule has 6 nitrogen and oxygen atoms in total. The van der Waals surface area contributed by atoms with Crippen LogP contribution in [0.3, 0.4) is 0 Å². The van der Waals surface area contributed by atoms with Crippen molar-refractivity contribution in [3.8, 4) is 0 Å². The van der Waals surface area contributed by atoms with E-state index in [1.54, 1.807) is 36.2 Å². The number of imidazole rings is 1. The molecular formula is C20H21N3O3. The standard InChI is InChI=1S/C20H21N3O3/c1-4-23-17-8-6-5-7-16(17)21-18(23)13-22(2)19(24)14-9-11-15(12-10-14)20(25)26-3/h5-12H,4,13H2,1-3H3. The number of nitrogens with zero attached hydrogens (tertiary/aromatic N) is 3. The number of rotatable bonds is 5. The number of aromatic nitrogens is 2. The van der Waals surface area contributed by atoms with Gasteiger partial charge in [0, 0.05) is 19.2 Å². The molecule has 2 aromatic carbocycles. The average molecular weight is 351 g/mol. The molecule has 0 fully saturated rings. The molecule has 3 aromatic rings. The van der Waals surface area contributed by atoms with Crippen LogP contribution in [-0.4, -0.2) is 40.5 Å². The van der Waals surface area contributed by atoms with E-state index >= 15 is 0 Å². The zero-order valence-corrected chi connectivity index (χ0v) is 15.1. The minimum atomic E-state index is -0.422. The lowest BCUT2D eigenvalue weighted by Gasteiger charge is -2.17. The van der Waals surface area contributed by atoms with Gasteiger partial charge in [-0.15, -0.1) is 0 Å². The Labute approximate surface area is 152 Å². The van der Waals surface area contributed by atoms with E-state index in [2.05, 4.69) is 21.2 Å². The summed E-state index contributed by atoms with van der Waals surface area (Å²) < 4.78 is 6.78. The molecule has 0 saturated heterocycles. The van der Waals surface area contributed by atoms with Gasteiger partial charge in [0.2, 0.25) is 0 Å². The van der Waals surface area contributed by atoms with Crippen LogP contribution < -0.4 is 0 Å². The number of carbonyl (C=O) groups excluding carboxylic acids is 2. The highest BCUT2D eigenvalue weighted by molar-refractivity contribution is 5.96. The van der Waals surface area contributed by atoms with E-state index in [0.29, 0.717) is 17.7 Å². The summed E-state index contributed by atoms with van der Waals surface area (Å²) in [6.07, 6.45) is 0. The molecule has 0 N–H and O–H groups in total. The number of aryl methyl sites for hydroxylation is 1. The van der Waals surface area contributed by atoms with Gasteiger partial charge in [0.05, 0.1) is 30.3 Å². The van der Waals surface area contributed by atoms with E-state index in [1.807, 2.05) is 24.3 Å². The maximum absolute atomic E-state index is 12.7. The van der Waals surface area contributed by atoms with Crippen LogP contribution in [0.2, 0.25) is 0 Å². The van der Waals surface area contributed by atoms with Gasteiger partial charge in [-0.3, -0.25) is 4.79 Å². The second-order valence-corrected chi connectivity index (χ2v) is 5.99. The first-order chi connectivity index (χ1) is 12.5. The summed E-state index contributed by atoms with van der Waals surface area (Å²) in [6.45, 7) is 3.25. The molecule has 3 rings (SSSR count). The number of carbonyl (C=O) groups is 2. The first-order valence-electron chi connectivity index (χ1n) is 8.43. The number of amides is 1. The van der Waals surface area contributed by atoms with Gasteiger partial charge < -0.3 is 14.2 Å². The molecule has 1 heterocycles. The third-order valence-corrected chi connectivity index (χ3v) is 4.33. The predicted octanol–water partition coefficient (Wildman–Crippen LogP) is 3.12. The van der Waals surface area contributed by atoms with Crippen LogP contribution in [0.15, 0.2) is 48.5 Å². The molecule has 0 bridgehead atoms. The van der Waals surface area contributed by atoms with Gasteiger partial charge in [-0.25, -0.2) is 9.78 Å². The van der Waals surface area contributed by atoms with Crippen LogP contribution in [0.5, 0.6) is 0 Å². The second-order valence-electron chi connectivity index (χ2n) is 5.99. The van der Waals surface area contributed by atoms with Gasteiger partial charge in [-0.1, -0.05) is 12.1 Å². The van der Waals surface area contributed by atoms with Crippen LogP contribution in [0.4, 0.5) is 0 Å². The third-order valence-electron chi connectivity index (χ3n) is 4.33. The summed E-state index contributed by atoms with van der Waals surface area (Å²) >= 11 is 0. The monoisotopic (exact) mass is 351 g/mol. The smallest absolute Gasteiger partial charge is 0.337 e. The van der Waals surface area contributed by atoms with Gasteiger partial charge in [0.25, 0.3) is 5.91 Å². The molecule has 0 saturated carbocycles. The Kier molecular flexibility index (Phi) is 5.02. The van der Waals surface area contributed by atoms with Crippen molar-refractivity contribution in [1.29, 1.82) is 0 Å². The summed E-state index contributed by atoms with van der Waals surface area (Å²) in [5.41, 5.74) is 2.92.